The molecule has 2 rings (SSSR count). The van der Waals surface area contributed by atoms with E-state index in [4.69, 9.17) is 4.74 Å². The van der Waals surface area contributed by atoms with Crippen LogP contribution in [0.15, 0.2) is 30.5 Å². The van der Waals surface area contributed by atoms with Crippen molar-refractivity contribution in [1.82, 2.24) is 4.57 Å². The zero-order valence-electron chi connectivity index (χ0n) is 9.00. The lowest BCUT2D eigenvalue weighted by atomic mass is 10.1. The first kappa shape index (κ1) is 10.7. The van der Waals surface area contributed by atoms with Crippen molar-refractivity contribution in [2.45, 2.75) is 0 Å². The quantitative estimate of drug-likeness (QED) is 0.763. The molecule has 0 saturated heterocycles. The highest BCUT2D eigenvalue weighted by atomic mass is 19.1. The Hall–Kier alpha value is -1.84. The van der Waals surface area contributed by atoms with Gasteiger partial charge in [0.25, 0.3) is 0 Å². The van der Waals surface area contributed by atoms with E-state index >= 15 is 0 Å². The van der Waals surface area contributed by atoms with Gasteiger partial charge < -0.3 is 9.30 Å². The molecule has 0 N–H and O–H groups in total. The lowest BCUT2D eigenvalue weighted by molar-refractivity contribution is 0.416. The SMILES string of the molecule is COc1ccn(C)c1-c1ccc(F)cc1F. The number of aromatic nitrogens is 1. The molecule has 84 valence electrons. The van der Waals surface area contributed by atoms with Crippen molar-refractivity contribution in [1.29, 1.82) is 0 Å². The van der Waals surface area contributed by atoms with Crippen molar-refractivity contribution in [3.8, 4) is 17.0 Å². The van der Waals surface area contributed by atoms with Crippen LogP contribution in [0.2, 0.25) is 0 Å². The molecule has 4 heteroatoms. The average Bonchev–Trinajstić information content (AvgIpc) is 2.60. The predicted molar refractivity (Wildman–Crippen MR) is 57.3 cm³/mol. The van der Waals surface area contributed by atoms with Crippen LogP contribution in [0.3, 0.4) is 0 Å². The summed E-state index contributed by atoms with van der Waals surface area (Å²) in [6.45, 7) is 0. The Morgan fingerprint density at radius 3 is 2.56 bits per heavy atom. The number of methoxy groups -OCH3 is 1. The third-order valence-electron chi connectivity index (χ3n) is 2.44. The summed E-state index contributed by atoms with van der Waals surface area (Å²) in [5.41, 5.74) is 0.922. The number of hydrogen-bond acceptors (Lipinski definition) is 1. The maximum Gasteiger partial charge on any atom is 0.144 e. The molecule has 0 amide bonds. The maximum absolute atomic E-state index is 13.6. The molecule has 0 bridgehead atoms. The van der Waals surface area contributed by atoms with E-state index in [1.807, 2.05) is 0 Å². The predicted octanol–water partition coefficient (Wildman–Crippen LogP) is 2.98. The second-order valence-electron chi connectivity index (χ2n) is 3.47. The lowest BCUT2D eigenvalue weighted by Crippen LogP contribution is -1.95. The van der Waals surface area contributed by atoms with Crippen LogP contribution in [-0.2, 0) is 7.05 Å². The molecule has 2 aromatic rings. The van der Waals surface area contributed by atoms with Gasteiger partial charge in [0, 0.05) is 24.9 Å². The van der Waals surface area contributed by atoms with Gasteiger partial charge in [-0.25, -0.2) is 8.78 Å². The molecular formula is C12H11F2NO. The number of nitrogens with zero attached hydrogens (tertiary/aromatic N) is 1. The Morgan fingerprint density at radius 1 is 1.19 bits per heavy atom. The lowest BCUT2D eigenvalue weighted by Gasteiger charge is -2.08. The molecule has 16 heavy (non-hydrogen) atoms. The summed E-state index contributed by atoms with van der Waals surface area (Å²) in [7, 11) is 3.29. The van der Waals surface area contributed by atoms with Gasteiger partial charge in [-0.3, -0.25) is 0 Å². The molecule has 0 spiro atoms. The zero-order valence-corrected chi connectivity index (χ0v) is 9.00. The highest BCUT2D eigenvalue weighted by Gasteiger charge is 2.14. The van der Waals surface area contributed by atoms with Crippen molar-refractivity contribution < 1.29 is 13.5 Å². The van der Waals surface area contributed by atoms with Crippen LogP contribution < -0.4 is 4.74 Å². The van der Waals surface area contributed by atoms with Crippen molar-refractivity contribution >= 4 is 0 Å². The zero-order chi connectivity index (χ0) is 11.7. The highest BCUT2D eigenvalue weighted by molar-refractivity contribution is 5.68. The van der Waals surface area contributed by atoms with E-state index in [-0.39, 0.29) is 0 Å². The monoisotopic (exact) mass is 223 g/mol. The number of aryl methyl sites for hydroxylation is 1. The minimum atomic E-state index is -0.597. The summed E-state index contributed by atoms with van der Waals surface area (Å²) in [6.07, 6.45) is 1.76. The summed E-state index contributed by atoms with van der Waals surface area (Å²) in [4.78, 5) is 0. The number of benzene rings is 1. The number of halogens is 2. The largest absolute Gasteiger partial charge is 0.494 e. The molecule has 0 saturated carbocycles. The van der Waals surface area contributed by atoms with Gasteiger partial charge >= 0.3 is 0 Å². The Balaban J connectivity index is 2.62. The molecular weight excluding hydrogens is 212 g/mol. The fraction of sp³-hybridized carbons (Fsp3) is 0.167. The van der Waals surface area contributed by atoms with Crippen LogP contribution >= 0.6 is 0 Å². The van der Waals surface area contributed by atoms with Gasteiger partial charge in [-0.15, -0.1) is 0 Å². The van der Waals surface area contributed by atoms with E-state index in [0.29, 0.717) is 17.0 Å². The van der Waals surface area contributed by atoms with Crippen molar-refractivity contribution in [3.63, 3.8) is 0 Å². The molecule has 0 atom stereocenters. The van der Waals surface area contributed by atoms with Crippen LogP contribution in [0, 0.1) is 11.6 Å². The van der Waals surface area contributed by atoms with Crippen LogP contribution in [-0.4, -0.2) is 11.7 Å². The smallest absolute Gasteiger partial charge is 0.144 e. The van der Waals surface area contributed by atoms with Crippen LogP contribution in [0.4, 0.5) is 8.78 Å². The Labute approximate surface area is 92.1 Å². The van der Waals surface area contributed by atoms with Crippen molar-refractivity contribution in [3.05, 3.63) is 42.1 Å². The van der Waals surface area contributed by atoms with E-state index in [1.54, 1.807) is 23.9 Å². The first-order valence-corrected chi connectivity index (χ1v) is 4.78. The van der Waals surface area contributed by atoms with Gasteiger partial charge in [0.15, 0.2) is 0 Å². The van der Waals surface area contributed by atoms with E-state index in [0.717, 1.165) is 6.07 Å². The number of ether oxygens (including phenoxy) is 1. The van der Waals surface area contributed by atoms with Crippen molar-refractivity contribution in [2.24, 2.45) is 7.05 Å². The van der Waals surface area contributed by atoms with Crippen LogP contribution in [0.25, 0.3) is 11.3 Å². The molecule has 0 aliphatic rings. The number of hydrogen-bond donors (Lipinski definition) is 0. The Morgan fingerprint density at radius 2 is 1.94 bits per heavy atom. The second kappa shape index (κ2) is 3.96. The Kier molecular flexibility index (Phi) is 2.64. The molecule has 0 radical (unpaired) electrons. The van der Waals surface area contributed by atoms with E-state index in [9.17, 15) is 8.78 Å². The normalized spacial score (nSPS) is 10.5. The molecule has 1 aromatic carbocycles. The van der Waals surface area contributed by atoms with Crippen LogP contribution in [0.5, 0.6) is 5.75 Å². The maximum atomic E-state index is 13.6. The summed E-state index contributed by atoms with van der Waals surface area (Å²) >= 11 is 0. The van der Waals surface area contributed by atoms with E-state index < -0.39 is 11.6 Å². The summed E-state index contributed by atoms with van der Waals surface area (Å²) in [5.74, 6) is -0.623. The molecule has 2 nitrogen and oxygen atoms in total. The minimum Gasteiger partial charge on any atom is -0.494 e. The van der Waals surface area contributed by atoms with E-state index in [1.165, 1.54) is 19.2 Å². The molecule has 0 unspecified atom stereocenters. The average molecular weight is 223 g/mol. The molecule has 0 aliphatic carbocycles. The fourth-order valence-electron chi connectivity index (χ4n) is 1.68. The fourth-order valence-corrected chi connectivity index (χ4v) is 1.68. The highest BCUT2D eigenvalue weighted by Crippen LogP contribution is 2.32. The first-order chi connectivity index (χ1) is 7.63. The molecule has 1 aromatic heterocycles. The topological polar surface area (TPSA) is 14.2 Å². The van der Waals surface area contributed by atoms with Gasteiger partial charge in [-0.2, -0.15) is 0 Å². The minimum absolute atomic E-state index is 0.325. The number of rotatable bonds is 2. The first-order valence-electron chi connectivity index (χ1n) is 4.78. The summed E-state index contributed by atoms with van der Waals surface area (Å²) in [5, 5.41) is 0. The third kappa shape index (κ3) is 1.66. The third-order valence-corrected chi connectivity index (χ3v) is 2.44. The van der Waals surface area contributed by atoms with Gasteiger partial charge in [-0.05, 0) is 18.2 Å². The summed E-state index contributed by atoms with van der Waals surface area (Å²) in [6, 6.07) is 5.23. The molecule has 0 fully saturated rings. The standard InChI is InChI=1S/C12H11F2NO/c1-15-6-5-11(16-2)12(15)9-4-3-8(13)7-10(9)14/h3-7H,1-2H3. The second-order valence-corrected chi connectivity index (χ2v) is 3.47. The van der Waals surface area contributed by atoms with Gasteiger partial charge in [0.05, 0.1) is 12.8 Å². The van der Waals surface area contributed by atoms with Crippen molar-refractivity contribution in [2.75, 3.05) is 7.11 Å². The molecule has 0 aliphatic heterocycles. The summed E-state index contributed by atoms with van der Waals surface area (Å²) < 4.78 is 33.3. The van der Waals surface area contributed by atoms with E-state index in [2.05, 4.69) is 0 Å². The Bertz CT molecular complexity index is 520. The van der Waals surface area contributed by atoms with Gasteiger partial charge in [0.1, 0.15) is 17.4 Å². The van der Waals surface area contributed by atoms with Crippen LogP contribution in [0.1, 0.15) is 0 Å². The molecule has 1 heterocycles. The van der Waals surface area contributed by atoms with Gasteiger partial charge in [0.2, 0.25) is 0 Å². The van der Waals surface area contributed by atoms with Gasteiger partial charge in [-0.1, -0.05) is 0 Å².